The first-order valence-electron chi connectivity index (χ1n) is 6.90. The van der Waals surface area contributed by atoms with Crippen LogP contribution in [0.3, 0.4) is 0 Å². The van der Waals surface area contributed by atoms with E-state index >= 15 is 0 Å². The Morgan fingerprint density at radius 2 is 1.41 bits per heavy atom. The van der Waals surface area contributed by atoms with Crippen LogP contribution in [-0.2, 0) is 0 Å². The van der Waals surface area contributed by atoms with Crippen LogP contribution >= 0.6 is 22.9 Å². The highest BCUT2D eigenvalue weighted by Gasteiger charge is 2.18. The molecule has 2 aromatic carbocycles. The summed E-state index contributed by atoms with van der Waals surface area (Å²) in [7, 11) is 0. The van der Waals surface area contributed by atoms with Gasteiger partial charge in [0.1, 0.15) is 0 Å². The van der Waals surface area contributed by atoms with Gasteiger partial charge in [-0.2, -0.15) is 0 Å². The zero-order valence-electron chi connectivity index (χ0n) is 11.7. The number of carbonyl (C=O) groups is 1. The van der Waals surface area contributed by atoms with Crippen molar-refractivity contribution in [1.29, 1.82) is 0 Å². The fourth-order valence-electron chi connectivity index (χ4n) is 2.29. The van der Waals surface area contributed by atoms with Gasteiger partial charge in [0.25, 0.3) is 5.91 Å². The normalized spacial score (nSPS) is 10.6. The van der Waals surface area contributed by atoms with E-state index in [9.17, 15) is 4.79 Å². The van der Waals surface area contributed by atoms with Gasteiger partial charge in [-0.3, -0.25) is 4.79 Å². The standard InChI is InChI=1S/C18H14ClNOS/c19-16-12-11-15(22-16)18(21)20-17(13-7-3-1-4-8-13)14-9-5-2-6-10-14/h1-12,17H,(H,20,21). The Hall–Kier alpha value is -2.10. The Labute approximate surface area is 138 Å². The maximum absolute atomic E-state index is 12.5. The zero-order chi connectivity index (χ0) is 15.4. The molecule has 0 atom stereocenters. The van der Waals surface area contributed by atoms with E-state index in [-0.39, 0.29) is 11.9 Å². The summed E-state index contributed by atoms with van der Waals surface area (Å²) in [4.78, 5) is 13.1. The van der Waals surface area contributed by atoms with Gasteiger partial charge in [-0.15, -0.1) is 11.3 Å². The smallest absolute Gasteiger partial charge is 0.262 e. The highest BCUT2D eigenvalue weighted by atomic mass is 35.5. The van der Waals surface area contributed by atoms with Gasteiger partial charge in [0.2, 0.25) is 0 Å². The first-order valence-corrected chi connectivity index (χ1v) is 8.09. The summed E-state index contributed by atoms with van der Waals surface area (Å²) < 4.78 is 0.612. The van der Waals surface area contributed by atoms with Gasteiger partial charge in [0.05, 0.1) is 15.3 Å². The molecule has 1 N–H and O–H groups in total. The van der Waals surface area contributed by atoms with Crippen LogP contribution in [-0.4, -0.2) is 5.91 Å². The lowest BCUT2D eigenvalue weighted by Gasteiger charge is -2.19. The molecular formula is C18H14ClNOS. The molecule has 0 unspecified atom stereocenters. The van der Waals surface area contributed by atoms with Gasteiger partial charge in [-0.05, 0) is 23.3 Å². The maximum Gasteiger partial charge on any atom is 0.262 e. The monoisotopic (exact) mass is 327 g/mol. The van der Waals surface area contributed by atoms with E-state index in [1.807, 2.05) is 60.7 Å². The molecule has 4 heteroatoms. The van der Waals surface area contributed by atoms with Crippen LogP contribution in [0.5, 0.6) is 0 Å². The minimum absolute atomic E-state index is 0.116. The molecule has 3 aromatic rings. The van der Waals surface area contributed by atoms with E-state index in [1.54, 1.807) is 12.1 Å². The molecule has 0 aliphatic heterocycles. The number of halogens is 1. The van der Waals surface area contributed by atoms with Crippen molar-refractivity contribution in [3.63, 3.8) is 0 Å². The third-order valence-corrected chi connectivity index (χ3v) is 4.57. The van der Waals surface area contributed by atoms with Crippen molar-refractivity contribution in [3.8, 4) is 0 Å². The molecule has 0 bridgehead atoms. The van der Waals surface area contributed by atoms with Crippen molar-refractivity contribution < 1.29 is 4.79 Å². The van der Waals surface area contributed by atoms with Crippen molar-refractivity contribution in [1.82, 2.24) is 5.32 Å². The molecule has 0 saturated heterocycles. The molecule has 2 nitrogen and oxygen atoms in total. The minimum atomic E-state index is -0.184. The second-order valence-electron chi connectivity index (χ2n) is 4.83. The summed E-state index contributed by atoms with van der Waals surface area (Å²) in [5.41, 5.74) is 2.09. The second kappa shape index (κ2) is 6.77. The molecule has 0 saturated carbocycles. The Bertz CT molecular complexity index is 716. The molecule has 110 valence electrons. The average Bonchev–Trinajstić information content (AvgIpc) is 3.01. The molecule has 3 rings (SSSR count). The molecule has 0 aliphatic carbocycles. The lowest BCUT2D eigenvalue weighted by atomic mass is 9.98. The molecular weight excluding hydrogens is 314 g/mol. The van der Waals surface area contributed by atoms with Gasteiger partial charge >= 0.3 is 0 Å². The average molecular weight is 328 g/mol. The summed E-state index contributed by atoms with van der Waals surface area (Å²) in [6, 6.07) is 23.2. The van der Waals surface area contributed by atoms with Crippen LogP contribution in [0.2, 0.25) is 4.34 Å². The topological polar surface area (TPSA) is 29.1 Å². The van der Waals surface area contributed by atoms with Crippen LogP contribution in [0.15, 0.2) is 72.8 Å². The number of hydrogen-bond acceptors (Lipinski definition) is 2. The zero-order valence-corrected chi connectivity index (χ0v) is 13.3. The van der Waals surface area contributed by atoms with Crippen molar-refractivity contribution >= 4 is 28.8 Å². The van der Waals surface area contributed by atoms with Gasteiger partial charge in [-0.25, -0.2) is 0 Å². The Morgan fingerprint density at radius 1 is 0.864 bits per heavy atom. The second-order valence-corrected chi connectivity index (χ2v) is 6.55. The SMILES string of the molecule is O=C(NC(c1ccccc1)c1ccccc1)c1ccc(Cl)s1. The molecule has 1 heterocycles. The largest absolute Gasteiger partial charge is 0.340 e. The fraction of sp³-hybridized carbons (Fsp3) is 0.0556. The minimum Gasteiger partial charge on any atom is -0.340 e. The molecule has 0 aliphatic rings. The molecule has 0 spiro atoms. The van der Waals surface area contributed by atoms with E-state index in [1.165, 1.54) is 11.3 Å². The summed E-state index contributed by atoms with van der Waals surface area (Å²) in [5, 5.41) is 3.09. The molecule has 22 heavy (non-hydrogen) atoms. The number of amides is 1. The Balaban J connectivity index is 1.91. The number of rotatable bonds is 4. The highest BCUT2D eigenvalue weighted by molar-refractivity contribution is 7.18. The van der Waals surface area contributed by atoms with E-state index in [2.05, 4.69) is 5.32 Å². The Kier molecular flexibility index (Phi) is 4.56. The van der Waals surface area contributed by atoms with E-state index in [0.717, 1.165) is 11.1 Å². The number of hydrogen-bond donors (Lipinski definition) is 1. The first-order chi connectivity index (χ1) is 10.7. The van der Waals surface area contributed by atoms with E-state index in [0.29, 0.717) is 9.21 Å². The van der Waals surface area contributed by atoms with Crippen LogP contribution in [0.4, 0.5) is 0 Å². The summed E-state index contributed by atoms with van der Waals surface area (Å²) in [6.07, 6.45) is 0. The first kappa shape index (κ1) is 14.8. The quantitative estimate of drug-likeness (QED) is 0.724. The number of benzene rings is 2. The summed E-state index contributed by atoms with van der Waals surface area (Å²) >= 11 is 7.20. The molecule has 0 fully saturated rings. The molecule has 0 radical (unpaired) electrons. The van der Waals surface area contributed by atoms with Crippen molar-refractivity contribution in [3.05, 3.63) is 93.1 Å². The van der Waals surface area contributed by atoms with Crippen LogP contribution in [0.25, 0.3) is 0 Å². The number of nitrogens with one attached hydrogen (secondary N) is 1. The lowest BCUT2D eigenvalue weighted by Crippen LogP contribution is -2.28. The lowest BCUT2D eigenvalue weighted by molar-refractivity contribution is 0.0947. The van der Waals surface area contributed by atoms with Gasteiger partial charge < -0.3 is 5.32 Å². The van der Waals surface area contributed by atoms with Crippen LogP contribution < -0.4 is 5.32 Å². The molecule has 1 amide bonds. The maximum atomic E-state index is 12.5. The van der Waals surface area contributed by atoms with Gasteiger partial charge in [0.15, 0.2) is 0 Å². The van der Waals surface area contributed by atoms with Crippen molar-refractivity contribution in [2.24, 2.45) is 0 Å². The van der Waals surface area contributed by atoms with Crippen LogP contribution in [0, 0.1) is 0 Å². The third kappa shape index (κ3) is 3.38. The molecule has 1 aromatic heterocycles. The van der Waals surface area contributed by atoms with E-state index < -0.39 is 0 Å². The predicted molar refractivity (Wildman–Crippen MR) is 91.5 cm³/mol. The number of thiophene rings is 1. The van der Waals surface area contributed by atoms with Crippen LogP contribution in [0.1, 0.15) is 26.8 Å². The van der Waals surface area contributed by atoms with Gasteiger partial charge in [-0.1, -0.05) is 72.3 Å². The highest BCUT2D eigenvalue weighted by Crippen LogP contribution is 2.25. The van der Waals surface area contributed by atoms with E-state index in [4.69, 9.17) is 11.6 Å². The fourth-order valence-corrected chi connectivity index (χ4v) is 3.23. The Morgan fingerprint density at radius 3 is 1.86 bits per heavy atom. The van der Waals surface area contributed by atoms with Gasteiger partial charge in [0, 0.05) is 0 Å². The summed E-state index contributed by atoms with van der Waals surface area (Å²) in [5.74, 6) is -0.116. The van der Waals surface area contributed by atoms with Crippen molar-refractivity contribution in [2.45, 2.75) is 6.04 Å². The summed E-state index contributed by atoms with van der Waals surface area (Å²) in [6.45, 7) is 0. The predicted octanol–water partition coefficient (Wildman–Crippen LogP) is 4.92. The third-order valence-electron chi connectivity index (χ3n) is 3.34. The number of carbonyl (C=O) groups excluding carboxylic acids is 1. The van der Waals surface area contributed by atoms with Crippen molar-refractivity contribution in [2.75, 3.05) is 0 Å².